The third-order valence-corrected chi connectivity index (χ3v) is 3.99. The summed E-state index contributed by atoms with van der Waals surface area (Å²) >= 11 is 0. The monoisotopic (exact) mass is 381 g/mol. The first-order valence-electron chi connectivity index (χ1n) is 6.80. The topological polar surface area (TPSA) is 124 Å². The lowest BCUT2D eigenvalue weighted by molar-refractivity contribution is 0.368. The van der Waals surface area contributed by atoms with Crippen LogP contribution in [0.2, 0.25) is 0 Å². The predicted octanol–water partition coefficient (Wildman–Crippen LogP) is 2.06. The molecule has 0 spiro atoms. The normalized spacial score (nSPS) is 15.8. The van der Waals surface area contributed by atoms with Gasteiger partial charge in [0.1, 0.15) is 0 Å². The van der Waals surface area contributed by atoms with Crippen molar-refractivity contribution in [2.75, 3.05) is 0 Å². The van der Waals surface area contributed by atoms with Crippen LogP contribution in [0.15, 0.2) is 29.1 Å². The van der Waals surface area contributed by atoms with Crippen LogP contribution in [0.3, 0.4) is 0 Å². The summed E-state index contributed by atoms with van der Waals surface area (Å²) in [5, 5.41) is 39.3. The summed E-state index contributed by atoms with van der Waals surface area (Å²) in [4.78, 5) is 11.8. The lowest BCUT2D eigenvalue weighted by atomic mass is 9.96. The van der Waals surface area contributed by atoms with E-state index in [2.05, 4.69) is 0 Å². The van der Waals surface area contributed by atoms with Gasteiger partial charge in [-0.1, -0.05) is 6.07 Å². The molecule has 1 aliphatic carbocycles. The van der Waals surface area contributed by atoms with E-state index in [4.69, 9.17) is 5.73 Å². The summed E-state index contributed by atoms with van der Waals surface area (Å²) in [5.41, 5.74) is 7.38. The highest BCUT2D eigenvalue weighted by atomic mass is 79.9. The minimum atomic E-state index is -0.627. The van der Waals surface area contributed by atoms with Gasteiger partial charge in [0, 0.05) is 11.6 Å². The molecule has 0 unspecified atom stereocenters. The van der Waals surface area contributed by atoms with Crippen LogP contribution in [0, 0.1) is 0 Å². The Kier molecular flexibility index (Phi) is 4.53. The second-order valence-corrected chi connectivity index (χ2v) is 5.37. The van der Waals surface area contributed by atoms with E-state index in [1.165, 1.54) is 24.3 Å². The molecule has 3 rings (SSSR count). The number of rotatable bonds is 0. The van der Waals surface area contributed by atoms with E-state index in [9.17, 15) is 25.2 Å². The molecule has 23 heavy (non-hydrogen) atoms. The Hall–Kier alpha value is -2.25. The fourth-order valence-corrected chi connectivity index (χ4v) is 2.83. The summed E-state index contributed by atoms with van der Waals surface area (Å²) in [6, 6.07) is 4.86. The second-order valence-electron chi connectivity index (χ2n) is 5.37. The first-order valence-corrected chi connectivity index (χ1v) is 6.80. The predicted molar refractivity (Wildman–Crippen MR) is 90.4 cm³/mol. The van der Waals surface area contributed by atoms with E-state index in [-0.39, 0.29) is 17.0 Å². The highest BCUT2D eigenvalue weighted by Crippen LogP contribution is 2.48. The molecular weight excluding hydrogens is 366 g/mol. The molecule has 2 aromatic carbocycles. The van der Waals surface area contributed by atoms with Gasteiger partial charge in [0.15, 0.2) is 17.2 Å². The maximum atomic E-state index is 11.8. The number of aryl methyl sites for hydroxylation is 1. The fraction of sp³-hybridized carbons (Fsp3) is 0.188. The summed E-state index contributed by atoms with van der Waals surface area (Å²) in [6.45, 7) is 0. The van der Waals surface area contributed by atoms with Crippen LogP contribution in [-0.4, -0.2) is 20.4 Å². The molecule has 0 fully saturated rings. The molecule has 7 heteroatoms. The smallest absolute Gasteiger partial charge is 0.220 e. The van der Waals surface area contributed by atoms with Crippen LogP contribution in [0.1, 0.15) is 23.6 Å². The zero-order valence-corrected chi connectivity index (χ0v) is 13.7. The van der Waals surface area contributed by atoms with Crippen molar-refractivity contribution in [1.82, 2.24) is 0 Å². The van der Waals surface area contributed by atoms with Crippen LogP contribution < -0.4 is 11.2 Å². The zero-order chi connectivity index (χ0) is 16.0. The maximum Gasteiger partial charge on any atom is 0.220 e. The summed E-state index contributed by atoms with van der Waals surface area (Å²) in [6.07, 6.45) is 0.963. The summed E-state index contributed by atoms with van der Waals surface area (Å²) < 4.78 is 0. The quantitative estimate of drug-likeness (QED) is 0.445. The van der Waals surface area contributed by atoms with Crippen molar-refractivity contribution >= 4 is 17.0 Å². The van der Waals surface area contributed by atoms with Crippen molar-refractivity contribution in [1.29, 1.82) is 0 Å². The van der Waals surface area contributed by atoms with E-state index >= 15 is 0 Å². The lowest BCUT2D eigenvalue weighted by Crippen LogP contribution is -2.11. The number of phenolic OH excluding ortho intramolecular Hbond substituents is 3. The summed E-state index contributed by atoms with van der Waals surface area (Å²) in [7, 11) is 0. The molecule has 0 aliphatic heterocycles. The molecule has 2 aromatic rings. The Balaban J connectivity index is 0.00000192. The molecule has 1 aliphatic rings. The van der Waals surface area contributed by atoms with Crippen LogP contribution in [0.5, 0.6) is 23.0 Å². The Morgan fingerprint density at radius 2 is 1.70 bits per heavy atom. The average Bonchev–Trinajstić information content (AvgIpc) is 2.70. The Labute approximate surface area is 142 Å². The molecule has 1 atom stereocenters. The highest BCUT2D eigenvalue weighted by Gasteiger charge is 2.25. The minimum absolute atomic E-state index is 0. The number of phenols is 3. The van der Waals surface area contributed by atoms with Gasteiger partial charge in [-0.05, 0) is 47.7 Å². The molecule has 0 saturated carbocycles. The fourth-order valence-electron chi connectivity index (χ4n) is 2.83. The number of hydrogen-bond acceptors (Lipinski definition) is 6. The molecule has 6 N–H and O–H groups in total. The van der Waals surface area contributed by atoms with E-state index < -0.39 is 34.5 Å². The van der Waals surface area contributed by atoms with Gasteiger partial charge in [0.2, 0.25) is 11.2 Å². The van der Waals surface area contributed by atoms with Crippen LogP contribution in [0.4, 0.5) is 0 Å². The van der Waals surface area contributed by atoms with Gasteiger partial charge in [-0.25, -0.2) is 0 Å². The minimum Gasteiger partial charge on any atom is -0.504 e. The molecule has 0 radical (unpaired) electrons. The second kappa shape index (κ2) is 6.10. The molecule has 0 saturated heterocycles. The SMILES string of the molecule is Br.N[C@H]1CCc2cc(O)c(O)c(O)c2-c2ccc(O)c(=O)cc21. The van der Waals surface area contributed by atoms with Crippen molar-refractivity contribution in [3.05, 3.63) is 45.6 Å². The molecule has 122 valence electrons. The van der Waals surface area contributed by atoms with Gasteiger partial charge in [0.25, 0.3) is 0 Å². The van der Waals surface area contributed by atoms with Gasteiger partial charge in [-0.15, -0.1) is 17.0 Å². The number of nitrogens with two attached hydrogens (primary N) is 1. The van der Waals surface area contributed by atoms with E-state index in [1.807, 2.05) is 0 Å². The van der Waals surface area contributed by atoms with Crippen molar-refractivity contribution in [2.45, 2.75) is 18.9 Å². The van der Waals surface area contributed by atoms with Gasteiger partial charge in [0.05, 0.1) is 0 Å². The van der Waals surface area contributed by atoms with Crippen molar-refractivity contribution in [2.24, 2.45) is 5.73 Å². The molecule has 0 bridgehead atoms. The van der Waals surface area contributed by atoms with Crippen molar-refractivity contribution < 1.29 is 20.4 Å². The number of aromatic hydroxyl groups is 4. The zero-order valence-electron chi connectivity index (χ0n) is 12.0. The Morgan fingerprint density at radius 1 is 1.00 bits per heavy atom. The van der Waals surface area contributed by atoms with Crippen molar-refractivity contribution in [3.8, 4) is 34.1 Å². The van der Waals surface area contributed by atoms with E-state index in [0.717, 1.165) is 0 Å². The third-order valence-electron chi connectivity index (χ3n) is 3.99. The van der Waals surface area contributed by atoms with Gasteiger partial charge < -0.3 is 26.2 Å². The lowest BCUT2D eigenvalue weighted by Gasteiger charge is -2.13. The van der Waals surface area contributed by atoms with Gasteiger partial charge >= 0.3 is 0 Å². The Bertz CT molecular complexity index is 838. The average molecular weight is 382 g/mol. The molecular formula is C16H16BrNO5. The third kappa shape index (κ3) is 2.73. The first-order chi connectivity index (χ1) is 10.4. The van der Waals surface area contributed by atoms with Crippen LogP contribution in [0.25, 0.3) is 11.1 Å². The number of benzene rings is 1. The molecule has 0 amide bonds. The van der Waals surface area contributed by atoms with Crippen LogP contribution >= 0.6 is 17.0 Å². The number of halogens is 1. The standard InChI is InChI=1S/C16H15NO5.BrH/c17-10-3-1-7-5-13(20)15(21)16(22)14(7)8-2-4-11(18)12(19)6-9(8)10;/h2,4-6,10,20-22H,1,3,17H2,(H,18,19);1H/t10-;/m0./s1. The van der Waals surface area contributed by atoms with E-state index in [1.54, 1.807) is 0 Å². The van der Waals surface area contributed by atoms with Gasteiger partial charge in [-0.2, -0.15) is 0 Å². The van der Waals surface area contributed by atoms with E-state index in [0.29, 0.717) is 35.1 Å². The molecule has 6 nitrogen and oxygen atoms in total. The molecule has 0 heterocycles. The number of hydrogen-bond donors (Lipinski definition) is 5. The van der Waals surface area contributed by atoms with Gasteiger partial charge in [-0.3, -0.25) is 4.79 Å². The van der Waals surface area contributed by atoms with Crippen LogP contribution in [-0.2, 0) is 6.42 Å². The maximum absolute atomic E-state index is 11.8. The van der Waals surface area contributed by atoms with Crippen molar-refractivity contribution in [3.63, 3.8) is 0 Å². The highest BCUT2D eigenvalue weighted by molar-refractivity contribution is 8.93. The number of fused-ring (bicyclic) bond motifs is 3. The Morgan fingerprint density at radius 3 is 2.39 bits per heavy atom. The summed E-state index contributed by atoms with van der Waals surface area (Å²) in [5.74, 6) is -1.94. The first kappa shape index (κ1) is 17.1. The molecule has 0 aromatic heterocycles. The largest absolute Gasteiger partial charge is 0.504 e.